The predicted octanol–water partition coefficient (Wildman–Crippen LogP) is 4.71. The average molecular weight is 454 g/mol. The van der Waals surface area contributed by atoms with Crippen molar-refractivity contribution in [1.29, 1.82) is 0 Å². The van der Waals surface area contributed by atoms with Gasteiger partial charge in [0.15, 0.2) is 5.82 Å². The lowest BCUT2D eigenvalue weighted by molar-refractivity contribution is -0.143. The van der Waals surface area contributed by atoms with Gasteiger partial charge in [0, 0.05) is 30.8 Å². The Morgan fingerprint density at radius 3 is 2.19 bits per heavy atom. The summed E-state index contributed by atoms with van der Waals surface area (Å²) in [6.45, 7) is -0.616. The Morgan fingerprint density at radius 2 is 1.65 bits per heavy atom. The molecule has 168 valence electrons. The maximum atomic E-state index is 13.4. The first-order valence-electron chi connectivity index (χ1n) is 8.81. The molecule has 1 aromatic heterocycles. The number of rotatable bonds is 3. The Bertz CT molecular complexity index is 961. The van der Waals surface area contributed by atoms with E-state index < -0.39 is 53.2 Å². The van der Waals surface area contributed by atoms with Crippen LogP contribution in [-0.4, -0.2) is 44.6 Å². The van der Waals surface area contributed by atoms with Gasteiger partial charge in [-0.15, -0.1) is 5.10 Å². The molecule has 1 aromatic carbocycles. The van der Waals surface area contributed by atoms with E-state index in [2.05, 4.69) is 10.1 Å². The quantitative estimate of drug-likeness (QED) is 0.499. The first-order chi connectivity index (χ1) is 14.2. The van der Waals surface area contributed by atoms with Crippen LogP contribution in [0.1, 0.15) is 24.0 Å². The monoisotopic (exact) mass is 454 g/mol. The van der Waals surface area contributed by atoms with Crippen LogP contribution in [0, 0.1) is 0 Å². The Balaban J connectivity index is 1.83. The molecule has 2 aromatic rings. The number of benzene rings is 1. The molecule has 1 saturated heterocycles. The number of piperidine rings is 1. The molecule has 0 bridgehead atoms. The van der Waals surface area contributed by atoms with Gasteiger partial charge in [-0.3, -0.25) is 4.79 Å². The Kier molecular flexibility index (Phi) is 5.80. The second-order valence-electron chi connectivity index (χ2n) is 6.88. The average Bonchev–Trinajstić information content (AvgIpc) is 3.12. The van der Waals surface area contributed by atoms with E-state index in [0.717, 1.165) is 28.2 Å². The lowest BCUT2D eigenvalue weighted by Gasteiger charge is -2.31. The summed E-state index contributed by atoms with van der Waals surface area (Å²) in [6.07, 6.45) is -7.38. The molecule has 1 fully saturated rings. The fourth-order valence-corrected chi connectivity index (χ4v) is 2.96. The molecule has 0 N–H and O–H groups in total. The number of carbonyl (C=O) groups excluding carboxylic acids is 1. The highest BCUT2D eigenvalue weighted by atomic mass is 19.4. The molecule has 5 nitrogen and oxygen atoms in total. The second-order valence-corrected chi connectivity index (χ2v) is 6.88. The van der Waals surface area contributed by atoms with Crippen molar-refractivity contribution in [2.45, 2.75) is 31.1 Å². The fraction of sp³-hybridized carbons (Fsp3) is 0.389. The second kappa shape index (κ2) is 7.93. The van der Waals surface area contributed by atoms with Crippen molar-refractivity contribution in [1.82, 2.24) is 19.7 Å². The predicted molar refractivity (Wildman–Crippen MR) is 91.6 cm³/mol. The molecule has 0 spiro atoms. The van der Waals surface area contributed by atoms with E-state index in [0.29, 0.717) is 12.1 Å². The zero-order valence-electron chi connectivity index (χ0n) is 15.5. The smallest absolute Gasteiger partial charge is 0.333 e. The fourth-order valence-electron chi connectivity index (χ4n) is 2.96. The van der Waals surface area contributed by atoms with Gasteiger partial charge in [-0.2, -0.15) is 26.3 Å². The summed E-state index contributed by atoms with van der Waals surface area (Å²) in [6, 6.07) is 0.923. The topological polar surface area (TPSA) is 51.0 Å². The molecule has 2 heterocycles. The maximum Gasteiger partial charge on any atom is 0.416 e. The standard InChI is InChI=1S/C18H14F8N4O/c19-16(20)3-1-4-29(9-16)14(31)2-5-30-10-27-15(28-30)11-6-12(17(21,22)23)8-13(7-11)18(24,25)26/h2,5-8,10H,1,3-4,9H2. The van der Waals surface area contributed by atoms with E-state index in [1.165, 1.54) is 0 Å². The van der Waals surface area contributed by atoms with E-state index in [9.17, 15) is 39.9 Å². The van der Waals surface area contributed by atoms with Gasteiger partial charge in [-0.05, 0) is 24.6 Å². The van der Waals surface area contributed by atoms with Gasteiger partial charge >= 0.3 is 12.4 Å². The summed E-state index contributed by atoms with van der Waals surface area (Å²) in [7, 11) is 0. The van der Waals surface area contributed by atoms with Crippen LogP contribution in [0.4, 0.5) is 35.1 Å². The van der Waals surface area contributed by atoms with Crippen LogP contribution in [0.3, 0.4) is 0 Å². The number of likely N-dealkylation sites (tertiary alicyclic amines) is 1. The molecule has 0 radical (unpaired) electrons. The number of aromatic nitrogens is 3. The van der Waals surface area contributed by atoms with Crippen LogP contribution >= 0.6 is 0 Å². The van der Waals surface area contributed by atoms with E-state index in [-0.39, 0.29) is 25.5 Å². The number of nitrogens with zero attached hydrogens (tertiary/aromatic N) is 4. The van der Waals surface area contributed by atoms with Crippen LogP contribution < -0.4 is 0 Å². The molecule has 0 aliphatic carbocycles. The summed E-state index contributed by atoms with van der Waals surface area (Å²) >= 11 is 0. The molecule has 31 heavy (non-hydrogen) atoms. The highest BCUT2D eigenvalue weighted by molar-refractivity contribution is 5.90. The summed E-state index contributed by atoms with van der Waals surface area (Å²) in [5.74, 6) is -4.19. The van der Waals surface area contributed by atoms with Crippen molar-refractivity contribution in [3.63, 3.8) is 0 Å². The van der Waals surface area contributed by atoms with Gasteiger partial charge in [-0.1, -0.05) is 0 Å². The van der Waals surface area contributed by atoms with Crippen LogP contribution in [0.5, 0.6) is 0 Å². The van der Waals surface area contributed by atoms with E-state index in [1.807, 2.05) is 0 Å². The Morgan fingerprint density at radius 1 is 1.03 bits per heavy atom. The van der Waals surface area contributed by atoms with Crippen molar-refractivity contribution < 1.29 is 39.9 Å². The molecular formula is C18H14F8N4O. The number of hydrogen-bond acceptors (Lipinski definition) is 3. The van der Waals surface area contributed by atoms with Crippen LogP contribution in [0.2, 0.25) is 0 Å². The number of hydrogen-bond donors (Lipinski definition) is 0. The zero-order valence-corrected chi connectivity index (χ0v) is 15.5. The molecular weight excluding hydrogens is 440 g/mol. The molecule has 1 aliphatic heterocycles. The van der Waals surface area contributed by atoms with E-state index >= 15 is 0 Å². The van der Waals surface area contributed by atoms with E-state index in [1.54, 1.807) is 0 Å². The molecule has 1 aliphatic rings. The van der Waals surface area contributed by atoms with Crippen molar-refractivity contribution in [3.05, 3.63) is 41.7 Å². The minimum absolute atomic E-state index is 0.0204. The third-order valence-corrected chi connectivity index (χ3v) is 4.43. The first-order valence-corrected chi connectivity index (χ1v) is 8.81. The van der Waals surface area contributed by atoms with Gasteiger partial charge in [-0.25, -0.2) is 18.4 Å². The van der Waals surface area contributed by atoms with Crippen LogP contribution in [-0.2, 0) is 17.1 Å². The van der Waals surface area contributed by atoms with Gasteiger partial charge < -0.3 is 4.90 Å². The van der Waals surface area contributed by atoms with Crippen molar-refractivity contribution in [2.75, 3.05) is 13.1 Å². The summed E-state index contributed by atoms with van der Waals surface area (Å²) < 4.78 is 106. The van der Waals surface area contributed by atoms with Gasteiger partial charge in [0.1, 0.15) is 6.33 Å². The van der Waals surface area contributed by atoms with Gasteiger partial charge in [0.25, 0.3) is 5.92 Å². The summed E-state index contributed by atoms with van der Waals surface area (Å²) in [5.41, 5.74) is -3.58. The minimum Gasteiger partial charge on any atom is -0.333 e. The van der Waals surface area contributed by atoms with Gasteiger partial charge in [0.05, 0.1) is 17.7 Å². The van der Waals surface area contributed by atoms with Crippen LogP contribution in [0.15, 0.2) is 30.6 Å². The number of carbonyl (C=O) groups is 1. The zero-order chi connectivity index (χ0) is 23.0. The minimum atomic E-state index is -5.03. The largest absolute Gasteiger partial charge is 0.416 e. The molecule has 0 saturated carbocycles. The summed E-state index contributed by atoms with van der Waals surface area (Å²) in [5, 5.41) is 3.74. The lowest BCUT2D eigenvalue weighted by atomic mass is 10.0. The SMILES string of the molecule is O=C(C=Cn1cnc(-c2cc(C(F)(F)F)cc(C(F)(F)F)c2)n1)N1CCCC(F)(F)C1. The van der Waals surface area contributed by atoms with Crippen molar-refractivity contribution in [2.24, 2.45) is 0 Å². The first kappa shape index (κ1) is 22.7. The highest BCUT2D eigenvalue weighted by Gasteiger charge is 2.38. The lowest BCUT2D eigenvalue weighted by Crippen LogP contribution is -2.45. The molecule has 0 atom stereocenters. The molecule has 1 amide bonds. The third-order valence-electron chi connectivity index (χ3n) is 4.43. The number of alkyl halides is 8. The van der Waals surface area contributed by atoms with Crippen LogP contribution in [0.25, 0.3) is 17.6 Å². The Labute approximate surface area is 170 Å². The van der Waals surface area contributed by atoms with Gasteiger partial charge in [0.2, 0.25) is 5.91 Å². The number of amides is 1. The summed E-state index contributed by atoms with van der Waals surface area (Å²) in [4.78, 5) is 16.6. The molecule has 3 rings (SSSR count). The van der Waals surface area contributed by atoms with Crippen molar-refractivity contribution in [3.8, 4) is 11.4 Å². The number of halogens is 8. The molecule has 0 unspecified atom stereocenters. The third kappa shape index (κ3) is 5.58. The molecule has 13 heteroatoms. The Hall–Kier alpha value is -2.99. The normalized spacial score (nSPS) is 17.4. The highest BCUT2D eigenvalue weighted by Crippen LogP contribution is 2.38. The van der Waals surface area contributed by atoms with E-state index in [4.69, 9.17) is 0 Å². The maximum absolute atomic E-state index is 13.4. The van der Waals surface area contributed by atoms with Crippen molar-refractivity contribution >= 4 is 12.1 Å².